The molecule has 2 N–H and O–H groups in total. The van der Waals surface area contributed by atoms with Crippen LogP contribution in [0.15, 0.2) is 30.3 Å². The lowest BCUT2D eigenvalue weighted by atomic mass is 9.81. The van der Waals surface area contributed by atoms with Crippen LogP contribution >= 0.6 is 0 Å². The molecule has 0 saturated carbocycles. The van der Waals surface area contributed by atoms with Crippen LogP contribution in [-0.4, -0.2) is 31.3 Å². The minimum absolute atomic E-state index is 0.315. The van der Waals surface area contributed by atoms with Crippen LogP contribution in [0.4, 0.5) is 4.79 Å². The number of carbonyl (C=O) groups is 1. The lowest BCUT2D eigenvalue weighted by molar-refractivity contribution is 0.0510. The van der Waals surface area contributed by atoms with Gasteiger partial charge in [-0.2, -0.15) is 0 Å². The number of rotatable bonds is 5. The van der Waals surface area contributed by atoms with Crippen molar-refractivity contribution in [1.29, 1.82) is 0 Å². The summed E-state index contributed by atoms with van der Waals surface area (Å²) < 4.78 is 5.36. The summed E-state index contributed by atoms with van der Waals surface area (Å²) in [6.45, 7) is 8.49. The monoisotopic (exact) mass is 318 g/mol. The first-order chi connectivity index (χ1) is 10.9. The van der Waals surface area contributed by atoms with Crippen molar-refractivity contribution in [3.8, 4) is 0 Å². The van der Waals surface area contributed by atoms with Gasteiger partial charge in [0.25, 0.3) is 0 Å². The predicted molar refractivity (Wildman–Crippen MR) is 93.5 cm³/mol. The number of alkyl carbamates (subject to hydrolysis) is 1. The van der Waals surface area contributed by atoms with E-state index in [-0.39, 0.29) is 6.09 Å². The van der Waals surface area contributed by atoms with Gasteiger partial charge in [-0.05, 0) is 70.5 Å². The average molecular weight is 318 g/mol. The fraction of sp³-hybridized carbons (Fsp3) is 0.632. The molecule has 1 aromatic carbocycles. The van der Waals surface area contributed by atoms with Crippen LogP contribution in [0.3, 0.4) is 0 Å². The molecule has 0 bridgehead atoms. The third kappa shape index (κ3) is 6.61. The van der Waals surface area contributed by atoms with Crippen LogP contribution in [0.5, 0.6) is 0 Å². The first-order valence-electron chi connectivity index (χ1n) is 8.65. The Labute approximate surface area is 140 Å². The summed E-state index contributed by atoms with van der Waals surface area (Å²) in [7, 11) is 0. The second-order valence-corrected chi connectivity index (χ2v) is 7.42. The molecule has 1 aromatic rings. The second kappa shape index (κ2) is 8.34. The number of amides is 1. The molecule has 1 atom stereocenters. The third-order valence-electron chi connectivity index (χ3n) is 4.30. The van der Waals surface area contributed by atoms with Gasteiger partial charge in [0.05, 0.1) is 0 Å². The SMILES string of the molecule is CC(C)(C)OC(=O)NC[C@H](Cc1ccccc1)C1CCNCC1. The van der Waals surface area contributed by atoms with E-state index in [2.05, 4.69) is 34.9 Å². The maximum atomic E-state index is 12.0. The molecule has 23 heavy (non-hydrogen) atoms. The summed E-state index contributed by atoms with van der Waals surface area (Å²) >= 11 is 0. The molecule has 0 aliphatic carbocycles. The van der Waals surface area contributed by atoms with Crippen molar-refractivity contribution < 1.29 is 9.53 Å². The molecule has 1 heterocycles. The van der Waals surface area contributed by atoms with E-state index in [1.165, 1.54) is 18.4 Å². The molecular weight excluding hydrogens is 288 g/mol. The Morgan fingerprint density at radius 3 is 2.52 bits per heavy atom. The van der Waals surface area contributed by atoms with E-state index >= 15 is 0 Å². The van der Waals surface area contributed by atoms with Crippen LogP contribution in [-0.2, 0) is 11.2 Å². The molecule has 1 saturated heterocycles. The van der Waals surface area contributed by atoms with Gasteiger partial charge >= 0.3 is 6.09 Å². The van der Waals surface area contributed by atoms with Crippen molar-refractivity contribution in [1.82, 2.24) is 10.6 Å². The van der Waals surface area contributed by atoms with Gasteiger partial charge in [0.2, 0.25) is 0 Å². The van der Waals surface area contributed by atoms with Gasteiger partial charge in [0.1, 0.15) is 5.60 Å². The topological polar surface area (TPSA) is 50.4 Å². The van der Waals surface area contributed by atoms with Gasteiger partial charge < -0.3 is 15.4 Å². The summed E-state index contributed by atoms with van der Waals surface area (Å²) in [5, 5.41) is 6.39. The highest BCUT2D eigenvalue weighted by molar-refractivity contribution is 5.67. The zero-order valence-electron chi connectivity index (χ0n) is 14.6. The van der Waals surface area contributed by atoms with Gasteiger partial charge in [-0.15, -0.1) is 0 Å². The van der Waals surface area contributed by atoms with Crippen molar-refractivity contribution >= 4 is 6.09 Å². The lowest BCUT2D eigenvalue weighted by Crippen LogP contribution is -2.40. The highest BCUT2D eigenvalue weighted by Crippen LogP contribution is 2.25. The molecule has 1 aliphatic heterocycles. The first kappa shape index (κ1) is 17.8. The normalized spacial score (nSPS) is 17.5. The molecule has 1 aliphatic rings. The molecule has 4 heteroatoms. The Morgan fingerprint density at radius 2 is 1.91 bits per heavy atom. The lowest BCUT2D eigenvalue weighted by Gasteiger charge is -2.31. The van der Waals surface area contributed by atoms with Crippen molar-refractivity contribution in [2.24, 2.45) is 11.8 Å². The quantitative estimate of drug-likeness (QED) is 0.875. The maximum Gasteiger partial charge on any atom is 0.407 e. The molecular formula is C19H30N2O2. The van der Waals surface area contributed by atoms with Crippen LogP contribution in [0.1, 0.15) is 39.2 Å². The molecule has 0 aromatic heterocycles. The molecule has 0 unspecified atom stereocenters. The van der Waals surface area contributed by atoms with E-state index in [4.69, 9.17) is 4.74 Å². The Morgan fingerprint density at radius 1 is 1.26 bits per heavy atom. The van der Waals surface area contributed by atoms with Gasteiger partial charge in [0.15, 0.2) is 0 Å². The second-order valence-electron chi connectivity index (χ2n) is 7.42. The van der Waals surface area contributed by atoms with E-state index in [9.17, 15) is 4.79 Å². The van der Waals surface area contributed by atoms with Crippen LogP contribution in [0, 0.1) is 11.8 Å². The van der Waals surface area contributed by atoms with E-state index in [0.717, 1.165) is 19.5 Å². The highest BCUT2D eigenvalue weighted by atomic mass is 16.6. The third-order valence-corrected chi connectivity index (χ3v) is 4.30. The number of hydrogen-bond donors (Lipinski definition) is 2. The van der Waals surface area contributed by atoms with Crippen molar-refractivity contribution in [3.63, 3.8) is 0 Å². The van der Waals surface area contributed by atoms with Gasteiger partial charge in [0, 0.05) is 6.54 Å². The highest BCUT2D eigenvalue weighted by Gasteiger charge is 2.25. The van der Waals surface area contributed by atoms with Gasteiger partial charge in [-0.1, -0.05) is 30.3 Å². The van der Waals surface area contributed by atoms with Crippen LogP contribution in [0.2, 0.25) is 0 Å². The predicted octanol–water partition coefficient (Wildman–Crippen LogP) is 3.37. The number of hydrogen-bond acceptors (Lipinski definition) is 3. The average Bonchev–Trinajstić information content (AvgIpc) is 2.51. The van der Waals surface area contributed by atoms with E-state index < -0.39 is 5.60 Å². The van der Waals surface area contributed by atoms with Crippen molar-refractivity contribution in [2.75, 3.05) is 19.6 Å². The minimum Gasteiger partial charge on any atom is -0.444 e. The minimum atomic E-state index is -0.451. The maximum absolute atomic E-state index is 12.0. The van der Waals surface area contributed by atoms with Crippen LogP contribution < -0.4 is 10.6 Å². The number of piperidine rings is 1. The smallest absolute Gasteiger partial charge is 0.407 e. The number of ether oxygens (including phenoxy) is 1. The summed E-state index contributed by atoms with van der Waals surface area (Å²) in [6.07, 6.45) is 3.03. The molecule has 1 fully saturated rings. The van der Waals surface area contributed by atoms with E-state index in [1.54, 1.807) is 0 Å². The first-order valence-corrected chi connectivity index (χ1v) is 8.65. The Kier molecular flexibility index (Phi) is 6.46. The molecule has 1 amide bonds. The van der Waals surface area contributed by atoms with Gasteiger partial charge in [-0.3, -0.25) is 0 Å². The van der Waals surface area contributed by atoms with Crippen molar-refractivity contribution in [3.05, 3.63) is 35.9 Å². The summed E-state index contributed by atoms with van der Waals surface area (Å²) in [5.41, 5.74) is 0.885. The Hall–Kier alpha value is -1.55. The van der Waals surface area contributed by atoms with Gasteiger partial charge in [-0.25, -0.2) is 4.79 Å². The number of carbonyl (C=O) groups excluding carboxylic acids is 1. The summed E-state index contributed by atoms with van der Waals surface area (Å²) in [6, 6.07) is 10.5. The number of benzene rings is 1. The zero-order valence-corrected chi connectivity index (χ0v) is 14.6. The summed E-state index contributed by atoms with van der Waals surface area (Å²) in [5.74, 6) is 1.10. The fourth-order valence-corrected chi connectivity index (χ4v) is 3.17. The molecule has 0 radical (unpaired) electrons. The Bertz CT molecular complexity index is 476. The fourth-order valence-electron chi connectivity index (χ4n) is 3.17. The standard InChI is InChI=1S/C19H30N2O2/c1-19(2,3)23-18(22)21-14-17(16-9-11-20-12-10-16)13-15-7-5-4-6-8-15/h4-8,16-17,20H,9-14H2,1-3H3,(H,21,22)/t17-/m0/s1. The number of nitrogens with one attached hydrogen (secondary N) is 2. The Balaban J connectivity index is 1.94. The largest absolute Gasteiger partial charge is 0.444 e. The molecule has 4 nitrogen and oxygen atoms in total. The zero-order chi connectivity index (χ0) is 16.7. The molecule has 2 rings (SSSR count). The van der Waals surface area contributed by atoms with Crippen LogP contribution in [0.25, 0.3) is 0 Å². The molecule has 128 valence electrons. The van der Waals surface area contributed by atoms with E-state index in [0.29, 0.717) is 18.4 Å². The van der Waals surface area contributed by atoms with E-state index in [1.807, 2.05) is 26.8 Å². The van der Waals surface area contributed by atoms with Crippen molar-refractivity contribution in [2.45, 2.75) is 45.6 Å². The summed E-state index contributed by atoms with van der Waals surface area (Å²) in [4.78, 5) is 12.0. The molecule has 0 spiro atoms.